The van der Waals surface area contributed by atoms with Gasteiger partial charge in [0.2, 0.25) is 11.9 Å². The number of benzene rings is 1. The number of unbranched alkanes of at least 4 members (excludes halogenated alkanes) is 1. The minimum absolute atomic E-state index is 0.0312. The third-order valence-electron chi connectivity index (χ3n) is 5.03. The molecule has 2 aromatic heterocycles. The molecule has 3 aromatic rings. The lowest BCUT2D eigenvalue weighted by molar-refractivity contribution is -0.120. The summed E-state index contributed by atoms with van der Waals surface area (Å²) in [7, 11) is 0. The maximum absolute atomic E-state index is 11.8. The monoisotopic (exact) mass is 379 g/mol. The molecule has 28 heavy (non-hydrogen) atoms. The molecule has 1 atom stereocenters. The van der Waals surface area contributed by atoms with Crippen LogP contribution in [0.2, 0.25) is 0 Å². The minimum atomic E-state index is -0.0312. The summed E-state index contributed by atoms with van der Waals surface area (Å²) in [5.41, 5.74) is 9.47. The highest BCUT2D eigenvalue weighted by atomic mass is 16.2. The van der Waals surface area contributed by atoms with Crippen molar-refractivity contribution < 1.29 is 4.79 Å². The van der Waals surface area contributed by atoms with Gasteiger partial charge in [-0.05, 0) is 24.0 Å². The number of aromatic nitrogens is 4. The second-order valence-corrected chi connectivity index (χ2v) is 7.15. The number of anilines is 2. The standard InChI is InChI=1S/C20H25N7O/c1-2-3-9-22-18-17-16(24-20(21)25-18)12-27(26-17)11-13-4-6-14(7-5-13)15-8-10-23-19(15)28/h4-7,12,15H,2-3,8-11H2,1H3,(H,23,28)(H3,21,22,24,25). The van der Waals surface area contributed by atoms with Crippen molar-refractivity contribution in [3.05, 3.63) is 41.6 Å². The van der Waals surface area contributed by atoms with Gasteiger partial charge in [-0.1, -0.05) is 37.6 Å². The fourth-order valence-corrected chi connectivity index (χ4v) is 3.52. The van der Waals surface area contributed by atoms with Gasteiger partial charge in [0.15, 0.2) is 11.3 Å². The van der Waals surface area contributed by atoms with Gasteiger partial charge in [0, 0.05) is 13.1 Å². The van der Waals surface area contributed by atoms with Gasteiger partial charge >= 0.3 is 0 Å². The Morgan fingerprint density at radius 2 is 2.11 bits per heavy atom. The molecule has 1 fully saturated rings. The maximum atomic E-state index is 11.8. The molecular weight excluding hydrogens is 354 g/mol. The quantitative estimate of drug-likeness (QED) is 0.543. The van der Waals surface area contributed by atoms with Crippen molar-refractivity contribution in [1.29, 1.82) is 0 Å². The number of carbonyl (C=O) groups is 1. The molecule has 4 N–H and O–H groups in total. The van der Waals surface area contributed by atoms with Crippen molar-refractivity contribution in [2.45, 2.75) is 38.6 Å². The van der Waals surface area contributed by atoms with Crippen LogP contribution in [0.4, 0.5) is 11.8 Å². The van der Waals surface area contributed by atoms with Crippen molar-refractivity contribution in [3.8, 4) is 0 Å². The van der Waals surface area contributed by atoms with E-state index in [2.05, 4.69) is 32.6 Å². The van der Waals surface area contributed by atoms with E-state index in [1.165, 1.54) is 0 Å². The van der Waals surface area contributed by atoms with Gasteiger partial charge in [0.25, 0.3) is 0 Å². The second-order valence-electron chi connectivity index (χ2n) is 7.15. The predicted molar refractivity (Wildman–Crippen MR) is 109 cm³/mol. The first-order valence-corrected chi connectivity index (χ1v) is 9.75. The van der Waals surface area contributed by atoms with Gasteiger partial charge in [-0.2, -0.15) is 10.1 Å². The Hall–Kier alpha value is -3.16. The number of hydrogen-bond acceptors (Lipinski definition) is 6. The van der Waals surface area contributed by atoms with Crippen LogP contribution < -0.4 is 16.4 Å². The van der Waals surface area contributed by atoms with E-state index in [1.807, 2.05) is 35.1 Å². The van der Waals surface area contributed by atoms with Crippen LogP contribution in [-0.4, -0.2) is 38.7 Å². The van der Waals surface area contributed by atoms with E-state index in [9.17, 15) is 4.79 Å². The zero-order valence-electron chi connectivity index (χ0n) is 16.0. The number of nitrogens with two attached hydrogens (primary N) is 1. The average molecular weight is 379 g/mol. The van der Waals surface area contributed by atoms with E-state index < -0.39 is 0 Å². The lowest BCUT2D eigenvalue weighted by Crippen LogP contribution is -2.17. The van der Waals surface area contributed by atoms with Gasteiger partial charge in [-0.3, -0.25) is 9.48 Å². The normalized spacial score (nSPS) is 16.5. The lowest BCUT2D eigenvalue weighted by Gasteiger charge is -2.08. The molecule has 0 spiro atoms. The molecule has 146 valence electrons. The van der Waals surface area contributed by atoms with E-state index >= 15 is 0 Å². The SMILES string of the molecule is CCCCNc1nc(N)nc2cn(Cc3ccc(C4CCNC4=O)cc3)nc12. The molecule has 8 nitrogen and oxygen atoms in total. The Morgan fingerprint density at radius 3 is 2.82 bits per heavy atom. The molecule has 4 rings (SSSR count). The molecule has 1 aromatic carbocycles. The number of carbonyl (C=O) groups excluding carboxylic acids is 1. The van der Waals surface area contributed by atoms with Gasteiger partial charge < -0.3 is 16.4 Å². The molecule has 1 aliphatic rings. The summed E-state index contributed by atoms with van der Waals surface area (Å²) in [5, 5.41) is 10.8. The third-order valence-corrected chi connectivity index (χ3v) is 5.03. The molecule has 0 radical (unpaired) electrons. The topological polar surface area (TPSA) is 111 Å². The second kappa shape index (κ2) is 7.84. The summed E-state index contributed by atoms with van der Waals surface area (Å²) in [6.07, 6.45) is 4.90. The molecule has 1 unspecified atom stereocenters. The summed E-state index contributed by atoms with van der Waals surface area (Å²) in [5.74, 6) is 1.00. The molecule has 0 bridgehead atoms. The Balaban J connectivity index is 1.53. The van der Waals surface area contributed by atoms with Crippen LogP contribution in [0.15, 0.2) is 30.5 Å². The van der Waals surface area contributed by atoms with Crippen molar-refractivity contribution in [2.75, 3.05) is 24.1 Å². The van der Waals surface area contributed by atoms with E-state index in [1.54, 1.807) is 0 Å². The summed E-state index contributed by atoms with van der Waals surface area (Å²) in [4.78, 5) is 20.4. The number of fused-ring (bicyclic) bond motifs is 1. The molecule has 1 amide bonds. The van der Waals surface area contributed by atoms with Crippen molar-refractivity contribution in [1.82, 2.24) is 25.1 Å². The van der Waals surface area contributed by atoms with E-state index in [4.69, 9.17) is 5.73 Å². The van der Waals surface area contributed by atoms with Crippen molar-refractivity contribution in [3.63, 3.8) is 0 Å². The van der Waals surface area contributed by atoms with Crippen LogP contribution >= 0.6 is 0 Å². The van der Waals surface area contributed by atoms with Gasteiger partial charge in [-0.15, -0.1) is 0 Å². The van der Waals surface area contributed by atoms with Crippen LogP contribution in [0.5, 0.6) is 0 Å². The van der Waals surface area contributed by atoms with Crippen molar-refractivity contribution in [2.24, 2.45) is 0 Å². The molecule has 0 aliphatic carbocycles. The van der Waals surface area contributed by atoms with E-state index in [0.717, 1.165) is 54.5 Å². The fourth-order valence-electron chi connectivity index (χ4n) is 3.52. The summed E-state index contributed by atoms with van der Waals surface area (Å²) in [6.45, 7) is 4.33. The van der Waals surface area contributed by atoms with Crippen LogP contribution in [0, 0.1) is 0 Å². The van der Waals surface area contributed by atoms with Crippen LogP contribution in [0.1, 0.15) is 43.2 Å². The highest BCUT2D eigenvalue weighted by Crippen LogP contribution is 2.24. The van der Waals surface area contributed by atoms with E-state index in [0.29, 0.717) is 12.4 Å². The molecule has 0 saturated carbocycles. The van der Waals surface area contributed by atoms with Crippen molar-refractivity contribution >= 4 is 28.7 Å². The summed E-state index contributed by atoms with van der Waals surface area (Å²) >= 11 is 0. The van der Waals surface area contributed by atoms with Crippen LogP contribution in [-0.2, 0) is 11.3 Å². The van der Waals surface area contributed by atoms with E-state index in [-0.39, 0.29) is 17.8 Å². The first-order chi connectivity index (χ1) is 13.6. The lowest BCUT2D eigenvalue weighted by atomic mass is 9.97. The number of amides is 1. The largest absolute Gasteiger partial charge is 0.368 e. The first-order valence-electron chi connectivity index (χ1n) is 9.75. The Morgan fingerprint density at radius 1 is 1.29 bits per heavy atom. The Labute approximate surface area is 163 Å². The highest BCUT2D eigenvalue weighted by Gasteiger charge is 2.25. The molecule has 8 heteroatoms. The maximum Gasteiger partial charge on any atom is 0.227 e. The third kappa shape index (κ3) is 3.76. The zero-order valence-corrected chi connectivity index (χ0v) is 16.0. The summed E-state index contributed by atoms with van der Waals surface area (Å²) < 4.78 is 1.85. The molecule has 3 heterocycles. The zero-order chi connectivity index (χ0) is 19.5. The summed E-state index contributed by atoms with van der Waals surface area (Å²) in [6, 6.07) is 8.16. The highest BCUT2D eigenvalue weighted by molar-refractivity contribution is 5.86. The minimum Gasteiger partial charge on any atom is -0.368 e. The first kappa shape index (κ1) is 18.2. The van der Waals surface area contributed by atoms with Crippen LogP contribution in [0.3, 0.4) is 0 Å². The Kier molecular flexibility index (Phi) is 5.10. The van der Waals surface area contributed by atoms with Gasteiger partial charge in [-0.25, -0.2) is 4.98 Å². The average Bonchev–Trinajstić information content (AvgIpc) is 3.28. The van der Waals surface area contributed by atoms with Crippen LogP contribution in [0.25, 0.3) is 11.0 Å². The molecule has 1 aliphatic heterocycles. The number of rotatable bonds is 7. The van der Waals surface area contributed by atoms with Gasteiger partial charge in [0.1, 0.15) is 5.52 Å². The number of nitrogens with one attached hydrogen (secondary N) is 2. The molecular formula is C20H25N7O. The fraction of sp³-hybridized carbons (Fsp3) is 0.400. The smallest absolute Gasteiger partial charge is 0.227 e. The predicted octanol–water partition coefficient (Wildman–Crippen LogP) is 2.27. The molecule has 1 saturated heterocycles. The number of nitrogen functional groups attached to an aromatic ring is 1. The Bertz CT molecular complexity index is 980. The number of nitrogens with zero attached hydrogens (tertiary/aromatic N) is 4. The van der Waals surface area contributed by atoms with Gasteiger partial charge in [0.05, 0.1) is 18.7 Å². The number of hydrogen-bond donors (Lipinski definition) is 3.